The number of carbonyl (C=O) groups is 3. The summed E-state index contributed by atoms with van der Waals surface area (Å²) in [4.78, 5) is 39.9. The number of nitriles is 1. The van der Waals surface area contributed by atoms with Crippen molar-refractivity contribution in [3.05, 3.63) is 172 Å². The molecule has 0 radical (unpaired) electrons. The molecule has 5 aromatic carbocycles. The highest BCUT2D eigenvalue weighted by Crippen LogP contribution is 2.39. The number of ketones is 1. The van der Waals surface area contributed by atoms with Crippen LogP contribution in [0.5, 0.6) is 5.75 Å². The van der Waals surface area contributed by atoms with Gasteiger partial charge >= 0.3 is 11.9 Å². The second kappa shape index (κ2) is 21.7. The van der Waals surface area contributed by atoms with E-state index in [9.17, 15) is 19.6 Å². The minimum atomic E-state index is -1.12. The Labute approximate surface area is 365 Å². The van der Waals surface area contributed by atoms with Crippen LogP contribution < -0.4 is 4.74 Å². The molecule has 0 N–H and O–H groups in total. The van der Waals surface area contributed by atoms with Crippen LogP contribution in [0, 0.1) is 11.3 Å². The summed E-state index contributed by atoms with van der Waals surface area (Å²) in [6.45, 7) is 11.5. The van der Waals surface area contributed by atoms with E-state index in [1.807, 2.05) is 97.9 Å². The monoisotopic (exact) mass is 848 g/mol. The van der Waals surface area contributed by atoms with Crippen molar-refractivity contribution in [2.75, 3.05) is 26.2 Å². The SMILES string of the molecule is CC(C)OC(=O)C(C)(C)Oc1ccc(C(=O)c2ccc(Cl)cc2)cc1.CCOC(=O)C1(c2ccccc2)CCN(CCC(C#N)(c2ccccc2)c2ccccc2)CC1.Cl. The first-order valence-corrected chi connectivity index (χ1v) is 20.5. The predicted molar refractivity (Wildman–Crippen MR) is 239 cm³/mol. The van der Waals surface area contributed by atoms with Crippen LogP contribution in [0.25, 0.3) is 0 Å². The van der Waals surface area contributed by atoms with Gasteiger partial charge in [-0.15, -0.1) is 12.4 Å². The fourth-order valence-electron chi connectivity index (χ4n) is 7.34. The summed E-state index contributed by atoms with van der Waals surface area (Å²) in [5, 5.41) is 11.0. The minimum absolute atomic E-state index is 0. The number of hydrogen-bond acceptors (Lipinski definition) is 8. The van der Waals surface area contributed by atoms with Gasteiger partial charge in [0.1, 0.15) is 11.2 Å². The second-order valence-electron chi connectivity index (χ2n) is 15.4. The zero-order valence-corrected chi connectivity index (χ0v) is 36.5. The van der Waals surface area contributed by atoms with Crippen molar-refractivity contribution in [2.45, 2.75) is 76.4 Å². The summed E-state index contributed by atoms with van der Waals surface area (Å²) in [6.07, 6.45) is 1.91. The van der Waals surface area contributed by atoms with Crippen LogP contribution in [-0.2, 0) is 29.9 Å². The van der Waals surface area contributed by atoms with Crippen LogP contribution >= 0.6 is 24.0 Å². The van der Waals surface area contributed by atoms with Crippen molar-refractivity contribution in [3.63, 3.8) is 0 Å². The van der Waals surface area contributed by atoms with Gasteiger partial charge in [-0.05, 0) is 132 Å². The Morgan fingerprint density at radius 1 is 0.767 bits per heavy atom. The van der Waals surface area contributed by atoms with Gasteiger partial charge in [0.05, 0.1) is 24.2 Å². The lowest BCUT2D eigenvalue weighted by Gasteiger charge is -2.41. The quantitative estimate of drug-likeness (QED) is 0.0803. The van der Waals surface area contributed by atoms with Crippen LogP contribution in [0.4, 0.5) is 0 Å². The van der Waals surface area contributed by atoms with Gasteiger partial charge in [-0.2, -0.15) is 5.26 Å². The van der Waals surface area contributed by atoms with Crippen molar-refractivity contribution >= 4 is 41.7 Å². The third kappa shape index (κ3) is 11.6. The first-order chi connectivity index (χ1) is 28.3. The van der Waals surface area contributed by atoms with Gasteiger partial charge in [-0.1, -0.05) is 103 Å². The Hall–Kier alpha value is -5.46. The van der Waals surface area contributed by atoms with Crippen LogP contribution in [-0.4, -0.2) is 60.6 Å². The van der Waals surface area contributed by atoms with E-state index in [1.54, 1.807) is 76.2 Å². The molecule has 10 heteroatoms. The zero-order valence-electron chi connectivity index (χ0n) is 34.9. The molecule has 1 saturated heterocycles. The molecule has 0 unspecified atom stereocenters. The molecule has 0 aromatic heterocycles. The van der Waals surface area contributed by atoms with E-state index in [1.165, 1.54) is 0 Å². The zero-order chi connectivity index (χ0) is 42.5. The summed E-state index contributed by atoms with van der Waals surface area (Å²) in [5.74, 6) is -0.190. The molecule has 1 fully saturated rings. The summed E-state index contributed by atoms with van der Waals surface area (Å²) in [5.41, 5.74) is 1.73. The molecule has 0 bridgehead atoms. The van der Waals surface area contributed by atoms with E-state index in [-0.39, 0.29) is 30.3 Å². The lowest BCUT2D eigenvalue weighted by molar-refractivity contribution is -0.163. The molecule has 8 nitrogen and oxygen atoms in total. The van der Waals surface area contributed by atoms with E-state index < -0.39 is 22.4 Å². The Balaban J connectivity index is 0.000000273. The highest BCUT2D eigenvalue weighted by Gasteiger charge is 2.45. The number of carbonyl (C=O) groups excluding carboxylic acids is 3. The highest BCUT2D eigenvalue weighted by atomic mass is 35.5. The number of esters is 2. The van der Waals surface area contributed by atoms with Crippen LogP contribution in [0.15, 0.2) is 140 Å². The maximum absolute atomic E-state index is 13.1. The number of benzene rings is 5. The van der Waals surface area contributed by atoms with E-state index in [0.717, 1.165) is 36.3 Å². The molecule has 1 heterocycles. The highest BCUT2D eigenvalue weighted by molar-refractivity contribution is 6.30. The normalized spacial score (nSPS) is 13.7. The summed E-state index contributed by atoms with van der Waals surface area (Å²) < 4.78 is 16.4. The molecule has 60 heavy (non-hydrogen) atoms. The third-order valence-corrected chi connectivity index (χ3v) is 10.9. The molecule has 6 rings (SSSR count). The van der Waals surface area contributed by atoms with E-state index >= 15 is 0 Å². The maximum atomic E-state index is 13.1. The maximum Gasteiger partial charge on any atom is 0.350 e. The molecule has 0 atom stereocenters. The molecule has 314 valence electrons. The number of nitrogens with zero attached hydrogens (tertiary/aromatic N) is 2. The largest absolute Gasteiger partial charge is 0.476 e. The Morgan fingerprint density at radius 2 is 1.25 bits per heavy atom. The topological polar surface area (TPSA) is 106 Å². The van der Waals surface area contributed by atoms with Crippen molar-refractivity contribution < 1.29 is 28.6 Å². The van der Waals surface area contributed by atoms with E-state index in [2.05, 4.69) is 11.0 Å². The van der Waals surface area contributed by atoms with Crippen LogP contribution in [0.3, 0.4) is 0 Å². The molecule has 1 aliphatic rings. The van der Waals surface area contributed by atoms with Crippen molar-refractivity contribution in [2.24, 2.45) is 0 Å². The molecular weight excluding hydrogens is 795 g/mol. The van der Waals surface area contributed by atoms with E-state index in [4.69, 9.17) is 25.8 Å². The number of hydrogen-bond donors (Lipinski definition) is 0. The molecule has 0 spiro atoms. The van der Waals surface area contributed by atoms with Gasteiger partial charge < -0.3 is 19.1 Å². The van der Waals surface area contributed by atoms with Crippen LogP contribution in [0.1, 0.15) is 86.5 Å². The predicted octanol–water partition coefficient (Wildman–Crippen LogP) is 10.6. The second-order valence-corrected chi connectivity index (χ2v) is 15.9. The lowest BCUT2D eigenvalue weighted by atomic mass is 9.71. The molecular formula is C50H54Cl2N2O6. The molecule has 5 aromatic rings. The van der Waals surface area contributed by atoms with Gasteiger partial charge in [-0.3, -0.25) is 9.59 Å². The number of piperidine rings is 1. The first kappa shape index (κ1) is 47.2. The lowest BCUT2D eigenvalue weighted by Crippen LogP contribution is -2.49. The summed E-state index contributed by atoms with van der Waals surface area (Å²) >= 11 is 5.84. The third-order valence-electron chi connectivity index (χ3n) is 10.7. The fraction of sp³-hybridized carbons (Fsp3) is 0.320. The van der Waals surface area contributed by atoms with Gasteiger partial charge in [0.15, 0.2) is 11.4 Å². The molecule has 1 aliphatic heterocycles. The van der Waals surface area contributed by atoms with Gasteiger partial charge in [0.2, 0.25) is 0 Å². The van der Waals surface area contributed by atoms with Gasteiger partial charge in [0.25, 0.3) is 0 Å². The summed E-state index contributed by atoms with van der Waals surface area (Å²) in [7, 11) is 0. The van der Waals surface area contributed by atoms with Crippen molar-refractivity contribution in [1.29, 1.82) is 5.26 Å². The number of rotatable bonds is 14. The average Bonchev–Trinajstić information content (AvgIpc) is 3.25. The fourth-order valence-corrected chi connectivity index (χ4v) is 7.47. The van der Waals surface area contributed by atoms with Crippen molar-refractivity contribution in [3.8, 4) is 11.8 Å². The Kier molecular flexibility index (Phi) is 17.1. The van der Waals surface area contributed by atoms with Crippen molar-refractivity contribution in [1.82, 2.24) is 4.90 Å². The number of ether oxygens (including phenoxy) is 3. The summed E-state index contributed by atoms with van der Waals surface area (Å²) in [6, 6.07) is 46.2. The average molecular weight is 850 g/mol. The van der Waals surface area contributed by atoms with E-state index in [0.29, 0.717) is 47.8 Å². The minimum Gasteiger partial charge on any atom is -0.476 e. The van der Waals surface area contributed by atoms with Crippen LogP contribution in [0.2, 0.25) is 5.02 Å². The first-order valence-electron chi connectivity index (χ1n) is 20.1. The molecule has 0 amide bonds. The Bertz CT molecular complexity index is 2120. The van der Waals surface area contributed by atoms with Gasteiger partial charge in [-0.25, -0.2) is 4.79 Å². The van der Waals surface area contributed by atoms with Gasteiger partial charge in [0, 0.05) is 22.7 Å². The molecule has 0 saturated carbocycles. The smallest absolute Gasteiger partial charge is 0.350 e. The standard InChI is InChI=1S/C30H32N2O2.C20H21ClO4.ClH/c1-2-34-28(33)29(25-12-6-3-7-13-25)18-21-32(22-19-29)23-20-30(24-31,26-14-8-4-9-15-26)27-16-10-5-11-17-27;1-13(2)24-19(23)20(3,4)25-17-11-7-15(8-12-17)18(22)14-5-9-16(21)10-6-14;/h3-17H,2,18-23H2,1H3;5-13H,1-4H3;1H. The number of likely N-dealkylation sites (tertiary alicyclic amines) is 1. The molecule has 0 aliphatic carbocycles. The number of halogens is 2. The Morgan fingerprint density at radius 3 is 1.72 bits per heavy atom.